The molecule has 3 aromatic rings. The average molecular weight is 406 g/mol. The topological polar surface area (TPSA) is 40.6 Å². The predicted octanol–water partition coefficient (Wildman–Crippen LogP) is 5.97. The Hall–Kier alpha value is -2.85. The van der Waals surface area contributed by atoms with Gasteiger partial charge in [0.05, 0.1) is 5.69 Å². The van der Waals surface area contributed by atoms with E-state index in [-0.39, 0.29) is 12.7 Å². The highest BCUT2D eigenvalue weighted by Crippen LogP contribution is 2.28. The van der Waals surface area contributed by atoms with Gasteiger partial charge >= 0.3 is 0 Å². The monoisotopic (exact) mass is 405 g/mol. The van der Waals surface area contributed by atoms with Gasteiger partial charge < -0.3 is 14.2 Å². The molecule has 0 aliphatic carbocycles. The summed E-state index contributed by atoms with van der Waals surface area (Å²) in [7, 11) is 1.62. The van der Waals surface area contributed by atoms with E-state index in [2.05, 4.69) is 52.0 Å². The van der Waals surface area contributed by atoms with Crippen LogP contribution in [0.15, 0.2) is 54.6 Å². The summed E-state index contributed by atoms with van der Waals surface area (Å²) in [6, 6.07) is 18.5. The molecular weight excluding hydrogens is 374 g/mol. The summed E-state index contributed by atoms with van der Waals surface area (Å²) in [4.78, 5) is 4.89. The van der Waals surface area contributed by atoms with Crippen LogP contribution in [0.1, 0.15) is 53.4 Å². The molecule has 0 radical (unpaired) electrons. The first-order valence-corrected chi connectivity index (χ1v) is 10.4. The van der Waals surface area contributed by atoms with Gasteiger partial charge in [0.2, 0.25) is 0 Å². The van der Waals surface area contributed by atoms with Gasteiger partial charge in [-0.15, -0.1) is 0 Å². The zero-order chi connectivity index (χ0) is 21.5. The molecule has 0 fully saturated rings. The Bertz CT molecular complexity index is 944. The lowest BCUT2D eigenvalue weighted by Gasteiger charge is -2.16. The second-order valence-corrected chi connectivity index (χ2v) is 7.88. The summed E-state index contributed by atoms with van der Waals surface area (Å²) in [5, 5.41) is 0. The number of aryl methyl sites for hydroxylation is 2. The van der Waals surface area contributed by atoms with E-state index in [0.717, 1.165) is 34.9 Å². The van der Waals surface area contributed by atoms with Crippen LogP contribution in [-0.4, -0.2) is 18.9 Å². The fourth-order valence-electron chi connectivity index (χ4n) is 3.50. The standard InChI is InChI=1S/C26H31NO3/c1-18(2)26-25(30-17-28-5)12-11-22(27-26)15-24-19(3)13-23(14-20(24)4)29-16-21-9-7-6-8-10-21/h6-14,18H,15-17H2,1-5H3. The van der Waals surface area contributed by atoms with Crippen molar-refractivity contribution in [3.05, 3.63) is 88.2 Å². The smallest absolute Gasteiger partial charge is 0.188 e. The highest BCUT2D eigenvalue weighted by molar-refractivity contribution is 5.44. The van der Waals surface area contributed by atoms with Gasteiger partial charge in [-0.1, -0.05) is 44.2 Å². The first-order chi connectivity index (χ1) is 14.5. The van der Waals surface area contributed by atoms with Crippen molar-refractivity contribution >= 4 is 0 Å². The van der Waals surface area contributed by atoms with Gasteiger partial charge in [0, 0.05) is 19.2 Å². The Kier molecular flexibility index (Phi) is 7.47. The van der Waals surface area contributed by atoms with Crippen molar-refractivity contribution in [1.82, 2.24) is 4.98 Å². The number of benzene rings is 2. The highest BCUT2D eigenvalue weighted by atomic mass is 16.7. The van der Waals surface area contributed by atoms with Crippen molar-refractivity contribution in [3.8, 4) is 11.5 Å². The van der Waals surface area contributed by atoms with E-state index in [1.54, 1.807) is 7.11 Å². The maximum Gasteiger partial charge on any atom is 0.188 e. The number of ether oxygens (including phenoxy) is 3. The summed E-state index contributed by atoms with van der Waals surface area (Å²) in [5.74, 6) is 1.96. The van der Waals surface area contributed by atoms with Crippen molar-refractivity contribution in [2.24, 2.45) is 0 Å². The van der Waals surface area contributed by atoms with Crippen LogP contribution >= 0.6 is 0 Å². The van der Waals surface area contributed by atoms with Crippen molar-refractivity contribution < 1.29 is 14.2 Å². The number of nitrogens with zero attached hydrogens (tertiary/aromatic N) is 1. The molecule has 2 aromatic carbocycles. The molecule has 4 nitrogen and oxygen atoms in total. The molecule has 0 unspecified atom stereocenters. The molecule has 1 heterocycles. The highest BCUT2D eigenvalue weighted by Gasteiger charge is 2.14. The lowest BCUT2D eigenvalue weighted by molar-refractivity contribution is 0.0499. The Morgan fingerprint density at radius 2 is 1.60 bits per heavy atom. The first kappa shape index (κ1) is 21.8. The molecule has 4 heteroatoms. The van der Waals surface area contributed by atoms with Gasteiger partial charge in [-0.05, 0) is 66.3 Å². The third kappa shape index (κ3) is 5.61. The number of aromatic nitrogens is 1. The minimum absolute atomic E-state index is 0.226. The fraction of sp³-hybridized carbons (Fsp3) is 0.346. The Labute approximate surface area is 179 Å². The summed E-state index contributed by atoms with van der Waals surface area (Å²) < 4.78 is 16.7. The van der Waals surface area contributed by atoms with Crippen LogP contribution in [0.25, 0.3) is 0 Å². The summed E-state index contributed by atoms with van der Waals surface area (Å²) >= 11 is 0. The number of rotatable bonds is 9. The van der Waals surface area contributed by atoms with Crippen LogP contribution in [-0.2, 0) is 17.8 Å². The van der Waals surface area contributed by atoms with Crippen molar-refractivity contribution in [2.75, 3.05) is 13.9 Å². The molecule has 0 atom stereocenters. The second-order valence-electron chi connectivity index (χ2n) is 7.88. The number of pyridine rings is 1. The molecule has 30 heavy (non-hydrogen) atoms. The van der Waals surface area contributed by atoms with Gasteiger partial charge in [-0.3, -0.25) is 4.98 Å². The van der Waals surface area contributed by atoms with Crippen molar-refractivity contribution in [2.45, 2.75) is 46.6 Å². The van der Waals surface area contributed by atoms with Crippen LogP contribution in [0.4, 0.5) is 0 Å². The summed E-state index contributed by atoms with van der Waals surface area (Å²) in [5.41, 5.74) is 6.87. The lowest BCUT2D eigenvalue weighted by Crippen LogP contribution is -2.07. The number of methoxy groups -OCH3 is 1. The Morgan fingerprint density at radius 1 is 0.900 bits per heavy atom. The third-order valence-electron chi connectivity index (χ3n) is 5.10. The quantitative estimate of drug-likeness (QED) is 0.411. The number of hydrogen-bond acceptors (Lipinski definition) is 4. The zero-order valence-electron chi connectivity index (χ0n) is 18.6. The zero-order valence-corrected chi connectivity index (χ0v) is 18.6. The number of hydrogen-bond donors (Lipinski definition) is 0. The van der Waals surface area contributed by atoms with Crippen molar-refractivity contribution in [3.63, 3.8) is 0 Å². The van der Waals surface area contributed by atoms with Gasteiger partial charge in [-0.2, -0.15) is 0 Å². The molecule has 0 saturated heterocycles. The van der Waals surface area contributed by atoms with E-state index >= 15 is 0 Å². The van der Waals surface area contributed by atoms with Gasteiger partial charge in [-0.25, -0.2) is 0 Å². The van der Waals surface area contributed by atoms with Gasteiger partial charge in [0.25, 0.3) is 0 Å². The molecular formula is C26H31NO3. The second kappa shape index (κ2) is 10.3. The Balaban J connectivity index is 1.77. The predicted molar refractivity (Wildman–Crippen MR) is 120 cm³/mol. The first-order valence-electron chi connectivity index (χ1n) is 10.4. The maximum absolute atomic E-state index is 6.02. The van der Waals surface area contributed by atoms with E-state index < -0.39 is 0 Å². The molecule has 0 aliphatic rings. The van der Waals surface area contributed by atoms with Crippen LogP contribution < -0.4 is 9.47 Å². The van der Waals surface area contributed by atoms with E-state index in [9.17, 15) is 0 Å². The van der Waals surface area contributed by atoms with Crippen molar-refractivity contribution in [1.29, 1.82) is 0 Å². The largest absolute Gasteiger partial charge is 0.489 e. The molecule has 1 aromatic heterocycles. The lowest BCUT2D eigenvalue weighted by atomic mass is 9.97. The van der Waals surface area contributed by atoms with Crippen LogP contribution in [0.3, 0.4) is 0 Å². The van der Waals surface area contributed by atoms with Crippen LogP contribution in [0.5, 0.6) is 11.5 Å². The minimum Gasteiger partial charge on any atom is -0.489 e. The van der Waals surface area contributed by atoms with Gasteiger partial charge in [0.15, 0.2) is 6.79 Å². The van der Waals surface area contributed by atoms with E-state index in [1.165, 1.54) is 16.7 Å². The molecule has 0 saturated carbocycles. The summed E-state index contributed by atoms with van der Waals surface area (Å²) in [6.45, 7) is 9.32. The van der Waals surface area contributed by atoms with E-state index in [4.69, 9.17) is 19.2 Å². The summed E-state index contributed by atoms with van der Waals surface area (Å²) in [6.07, 6.45) is 0.779. The average Bonchev–Trinajstić information content (AvgIpc) is 2.74. The third-order valence-corrected chi connectivity index (χ3v) is 5.10. The Morgan fingerprint density at radius 3 is 2.23 bits per heavy atom. The van der Waals surface area contributed by atoms with Crippen LogP contribution in [0.2, 0.25) is 0 Å². The minimum atomic E-state index is 0.226. The van der Waals surface area contributed by atoms with E-state index in [0.29, 0.717) is 6.61 Å². The molecule has 0 spiro atoms. The fourth-order valence-corrected chi connectivity index (χ4v) is 3.50. The molecule has 3 rings (SSSR count). The SMILES string of the molecule is COCOc1ccc(Cc2c(C)cc(OCc3ccccc3)cc2C)nc1C(C)C. The normalized spacial score (nSPS) is 11.0. The molecule has 0 N–H and O–H groups in total. The molecule has 158 valence electrons. The maximum atomic E-state index is 6.02. The molecule has 0 amide bonds. The van der Waals surface area contributed by atoms with Crippen LogP contribution in [0, 0.1) is 13.8 Å². The van der Waals surface area contributed by atoms with Gasteiger partial charge in [0.1, 0.15) is 18.1 Å². The molecule has 0 bridgehead atoms. The molecule has 0 aliphatic heterocycles. The van der Waals surface area contributed by atoms with E-state index in [1.807, 2.05) is 30.3 Å².